The molecule has 2 amide bonds. The fourth-order valence-corrected chi connectivity index (χ4v) is 4.47. The van der Waals surface area contributed by atoms with Gasteiger partial charge in [0.25, 0.3) is 0 Å². The van der Waals surface area contributed by atoms with Crippen LogP contribution in [-0.4, -0.2) is 63.9 Å². The number of pyridine rings is 1. The van der Waals surface area contributed by atoms with Gasteiger partial charge in [0.15, 0.2) is 5.56 Å². The minimum absolute atomic E-state index is 0.0930. The van der Waals surface area contributed by atoms with Crippen molar-refractivity contribution in [3.63, 3.8) is 0 Å². The van der Waals surface area contributed by atoms with Gasteiger partial charge in [-0.3, -0.25) is 5.32 Å². The largest absolute Gasteiger partial charge is 0.470 e. The van der Waals surface area contributed by atoms with E-state index in [1.165, 1.54) is 33.0 Å². The maximum atomic E-state index is 12.3. The predicted molar refractivity (Wildman–Crippen MR) is 125 cm³/mol. The smallest absolute Gasteiger partial charge is 0.346 e. The molecule has 4 rings (SSSR count). The Kier molecular flexibility index (Phi) is 7.74. The second-order valence-corrected chi connectivity index (χ2v) is 8.58. The lowest BCUT2D eigenvalue weighted by atomic mass is 10.3. The summed E-state index contributed by atoms with van der Waals surface area (Å²) >= 11 is 0.969. The van der Waals surface area contributed by atoms with E-state index in [9.17, 15) is 9.59 Å². The molecule has 0 unspecified atom stereocenters. The van der Waals surface area contributed by atoms with E-state index in [1.807, 2.05) is 35.0 Å². The summed E-state index contributed by atoms with van der Waals surface area (Å²) in [6.45, 7) is 4.10. The zero-order valence-corrected chi connectivity index (χ0v) is 19.4. The van der Waals surface area contributed by atoms with Gasteiger partial charge >= 0.3 is 12.0 Å². The van der Waals surface area contributed by atoms with Crippen LogP contribution in [0.3, 0.4) is 0 Å². The number of imidazole rings is 1. The number of urea groups is 1. The summed E-state index contributed by atoms with van der Waals surface area (Å²) in [6.07, 6.45) is 8.22. The van der Waals surface area contributed by atoms with Crippen molar-refractivity contribution in [2.75, 3.05) is 38.6 Å². The number of likely N-dealkylation sites (tertiary alicyclic amines) is 1. The predicted octanol–water partition coefficient (Wildman–Crippen LogP) is 3.15. The van der Waals surface area contributed by atoms with E-state index in [4.69, 9.17) is 9.47 Å². The molecule has 4 heterocycles. The molecule has 0 saturated carbocycles. The second kappa shape index (κ2) is 11.1. The highest BCUT2D eigenvalue weighted by molar-refractivity contribution is 7.11. The molecule has 2 N–H and O–H groups in total. The van der Waals surface area contributed by atoms with Crippen molar-refractivity contribution < 1.29 is 19.1 Å². The van der Waals surface area contributed by atoms with Gasteiger partial charge in [-0.15, -0.1) is 0 Å². The van der Waals surface area contributed by atoms with Crippen LogP contribution in [0.25, 0.3) is 5.65 Å². The molecule has 3 aromatic rings. The Balaban J connectivity index is 1.30. The number of carbonyl (C=O) groups is 2. The number of anilines is 1. The van der Waals surface area contributed by atoms with Crippen LogP contribution in [0.15, 0.2) is 30.6 Å². The SMILES string of the molecule is COC(=O)c1c(OCc2cn3ccccc3n2)nsc1NC(=O)NCCCCN1CCCC1. The highest BCUT2D eigenvalue weighted by Gasteiger charge is 2.25. The molecule has 176 valence electrons. The van der Waals surface area contributed by atoms with Crippen LogP contribution in [0.2, 0.25) is 0 Å². The molecular formula is C22H28N6O4S. The van der Waals surface area contributed by atoms with Crippen LogP contribution < -0.4 is 15.4 Å². The number of nitrogens with one attached hydrogen (secondary N) is 2. The number of methoxy groups -OCH3 is 1. The molecule has 0 radical (unpaired) electrons. The highest BCUT2D eigenvalue weighted by atomic mass is 32.1. The topological polar surface area (TPSA) is 110 Å². The van der Waals surface area contributed by atoms with E-state index in [-0.39, 0.29) is 23.1 Å². The quantitative estimate of drug-likeness (QED) is 0.344. The van der Waals surface area contributed by atoms with Gasteiger partial charge in [0.05, 0.1) is 12.8 Å². The van der Waals surface area contributed by atoms with Crippen molar-refractivity contribution in [2.45, 2.75) is 32.3 Å². The van der Waals surface area contributed by atoms with Crippen LogP contribution in [0.5, 0.6) is 5.88 Å². The summed E-state index contributed by atoms with van der Waals surface area (Å²) in [7, 11) is 1.27. The minimum Gasteiger partial charge on any atom is -0.470 e. The fraction of sp³-hybridized carbons (Fsp3) is 0.455. The van der Waals surface area contributed by atoms with Crippen LogP contribution in [0.4, 0.5) is 9.80 Å². The molecule has 10 nitrogen and oxygen atoms in total. The first kappa shape index (κ1) is 23.0. The molecule has 1 aliphatic rings. The average Bonchev–Trinajstić information content (AvgIpc) is 3.56. The molecule has 0 spiro atoms. The Bertz CT molecular complexity index is 1060. The average molecular weight is 473 g/mol. The molecular weight excluding hydrogens is 444 g/mol. The molecule has 1 aliphatic heterocycles. The first-order chi connectivity index (χ1) is 16.1. The lowest BCUT2D eigenvalue weighted by Gasteiger charge is -2.14. The van der Waals surface area contributed by atoms with E-state index >= 15 is 0 Å². The third kappa shape index (κ3) is 5.99. The lowest BCUT2D eigenvalue weighted by Crippen LogP contribution is -2.30. The first-order valence-corrected chi connectivity index (χ1v) is 11.8. The first-order valence-electron chi connectivity index (χ1n) is 11.0. The zero-order valence-electron chi connectivity index (χ0n) is 18.6. The Morgan fingerprint density at radius 2 is 2.06 bits per heavy atom. The number of aromatic nitrogens is 3. The molecule has 33 heavy (non-hydrogen) atoms. The Hall–Kier alpha value is -3.18. The van der Waals surface area contributed by atoms with Gasteiger partial charge in [0.1, 0.15) is 17.3 Å². The molecule has 11 heteroatoms. The third-order valence-corrected chi connectivity index (χ3v) is 6.18. The Morgan fingerprint density at radius 1 is 1.21 bits per heavy atom. The molecule has 0 bridgehead atoms. The van der Waals surface area contributed by atoms with Gasteiger partial charge in [0.2, 0.25) is 5.88 Å². The Morgan fingerprint density at radius 3 is 2.85 bits per heavy atom. The number of nitrogens with zero attached hydrogens (tertiary/aromatic N) is 4. The Labute approximate surface area is 196 Å². The number of hydrogen-bond donors (Lipinski definition) is 2. The number of unbranched alkanes of at least 4 members (excludes halogenated alkanes) is 1. The number of hydrogen-bond acceptors (Lipinski definition) is 8. The zero-order chi connectivity index (χ0) is 23.0. The number of fused-ring (bicyclic) bond motifs is 1. The molecule has 0 aliphatic carbocycles. The van der Waals surface area contributed by atoms with Crippen molar-refractivity contribution in [3.8, 4) is 5.88 Å². The maximum Gasteiger partial charge on any atom is 0.346 e. The van der Waals surface area contributed by atoms with Crippen LogP contribution >= 0.6 is 11.5 Å². The van der Waals surface area contributed by atoms with Crippen molar-refractivity contribution in [3.05, 3.63) is 41.9 Å². The number of ether oxygens (including phenoxy) is 2. The number of carbonyl (C=O) groups excluding carboxylic acids is 2. The van der Waals surface area contributed by atoms with Gasteiger partial charge in [-0.2, -0.15) is 4.37 Å². The minimum atomic E-state index is -0.630. The van der Waals surface area contributed by atoms with Gasteiger partial charge in [-0.05, 0) is 69.0 Å². The molecule has 0 atom stereocenters. The normalized spacial score (nSPS) is 13.8. The monoisotopic (exact) mass is 472 g/mol. The van der Waals surface area contributed by atoms with E-state index < -0.39 is 12.0 Å². The standard InChI is InChI=1S/C22H28N6O4S/c1-31-21(29)18-19(32-15-16-14-28-13-4-2-8-17(28)24-16)26-33-20(18)25-22(30)23-9-3-5-10-27-11-6-7-12-27/h2,4,8,13-14H,3,5-7,9-12,15H2,1H3,(H2,23,25,30). The van der Waals surface area contributed by atoms with Crippen molar-refractivity contribution in [1.82, 2.24) is 24.0 Å². The molecule has 1 saturated heterocycles. The van der Waals surface area contributed by atoms with Crippen LogP contribution in [0, 0.1) is 0 Å². The fourth-order valence-electron chi connectivity index (χ4n) is 3.76. The van der Waals surface area contributed by atoms with E-state index in [0.29, 0.717) is 12.2 Å². The molecule has 1 fully saturated rings. The number of esters is 1. The van der Waals surface area contributed by atoms with E-state index in [0.717, 1.165) is 36.6 Å². The molecule has 3 aromatic heterocycles. The van der Waals surface area contributed by atoms with Crippen molar-refractivity contribution in [2.24, 2.45) is 0 Å². The number of amides is 2. The maximum absolute atomic E-state index is 12.3. The summed E-state index contributed by atoms with van der Waals surface area (Å²) in [5.41, 5.74) is 1.57. The van der Waals surface area contributed by atoms with Gasteiger partial charge in [0, 0.05) is 18.9 Å². The summed E-state index contributed by atoms with van der Waals surface area (Å²) in [5.74, 6) is -0.528. The summed E-state index contributed by atoms with van der Waals surface area (Å²) in [5, 5.41) is 5.80. The van der Waals surface area contributed by atoms with Gasteiger partial charge < -0.3 is 24.1 Å². The van der Waals surface area contributed by atoms with E-state index in [2.05, 4.69) is 24.9 Å². The van der Waals surface area contributed by atoms with Gasteiger partial charge in [-0.1, -0.05) is 6.07 Å². The van der Waals surface area contributed by atoms with Crippen molar-refractivity contribution >= 4 is 34.2 Å². The lowest BCUT2D eigenvalue weighted by molar-refractivity contribution is 0.0596. The van der Waals surface area contributed by atoms with Crippen LogP contribution in [-0.2, 0) is 11.3 Å². The summed E-state index contributed by atoms with van der Waals surface area (Å²) in [6, 6.07) is 5.31. The van der Waals surface area contributed by atoms with Crippen LogP contribution in [0.1, 0.15) is 41.7 Å². The third-order valence-electron chi connectivity index (χ3n) is 5.43. The summed E-state index contributed by atoms with van der Waals surface area (Å²) in [4.78, 5) is 31.6. The van der Waals surface area contributed by atoms with Gasteiger partial charge in [-0.25, -0.2) is 14.6 Å². The molecule has 0 aromatic carbocycles. The second-order valence-electron chi connectivity index (χ2n) is 7.81. The summed E-state index contributed by atoms with van der Waals surface area (Å²) < 4.78 is 16.7. The highest BCUT2D eigenvalue weighted by Crippen LogP contribution is 2.31. The van der Waals surface area contributed by atoms with E-state index in [1.54, 1.807) is 0 Å². The number of rotatable bonds is 10. The van der Waals surface area contributed by atoms with Crippen molar-refractivity contribution in [1.29, 1.82) is 0 Å².